The van der Waals surface area contributed by atoms with Gasteiger partial charge in [-0.05, 0) is 42.0 Å². The molecule has 2 aromatic carbocycles. The van der Waals surface area contributed by atoms with Gasteiger partial charge >= 0.3 is 0 Å². The number of nitrogens with one attached hydrogen (secondary N) is 2. The van der Waals surface area contributed by atoms with Crippen LogP contribution in [0.2, 0.25) is 0 Å². The molecule has 1 saturated heterocycles. The Balaban J connectivity index is 1.27. The molecule has 8 nitrogen and oxygen atoms in total. The van der Waals surface area contributed by atoms with Crippen molar-refractivity contribution in [3.63, 3.8) is 0 Å². The van der Waals surface area contributed by atoms with Gasteiger partial charge in [0.1, 0.15) is 23.9 Å². The van der Waals surface area contributed by atoms with Gasteiger partial charge in [0.25, 0.3) is 0 Å². The number of amides is 1. The van der Waals surface area contributed by atoms with Gasteiger partial charge < -0.3 is 15.7 Å². The zero-order chi connectivity index (χ0) is 24.8. The lowest BCUT2D eigenvalue weighted by atomic mass is 10.0. The van der Waals surface area contributed by atoms with Crippen molar-refractivity contribution in [2.45, 2.75) is 51.7 Å². The SMILES string of the molecule is CC(C)[C@@H]1Nc2nc(nc3ccccc23)CN2CCN(C(O)C3Cc4ccccc4C3)CC2NC1=O. The van der Waals surface area contributed by atoms with Crippen LogP contribution >= 0.6 is 0 Å². The maximum absolute atomic E-state index is 13.5. The Morgan fingerprint density at radius 2 is 1.69 bits per heavy atom. The molecule has 8 heteroatoms. The summed E-state index contributed by atoms with van der Waals surface area (Å²) < 4.78 is 0. The van der Waals surface area contributed by atoms with Crippen molar-refractivity contribution in [1.82, 2.24) is 25.1 Å². The van der Waals surface area contributed by atoms with Crippen LogP contribution in [0.3, 0.4) is 0 Å². The summed E-state index contributed by atoms with van der Waals surface area (Å²) in [4.78, 5) is 27.6. The zero-order valence-electron chi connectivity index (χ0n) is 20.9. The number of aromatic nitrogens is 2. The molecular weight excluding hydrogens is 452 g/mol. The number of hydrogen-bond acceptors (Lipinski definition) is 7. The molecule has 1 amide bonds. The Bertz CT molecular complexity index is 1250. The third kappa shape index (κ3) is 4.34. The molecule has 36 heavy (non-hydrogen) atoms. The van der Waals surface area contributed by atoms with Crippen molar-refractivity contribution in [1.29, 1.82) is 0 Å². The molecule has 3 heterocycles. The van der Waals surface area contributed by atoms with Gasteiger partial charge in [-0.25, -0.2) is 9.97 Å². The first-order valence-electron chi connectivity index (χ1n) is 13.0. The van der Waals surface area contributed by atoms with Crippen LogP contribution in [0.25, 0.3) is 10.9 Å². The molecule has 1 aromatic heterocycles. The average molecular weight is 487 g/mol. The van der Waals surface area contributed by atoms with Crippen molar-refractivity contribution in [2.24, 2.45) is 11.8 Å². The third-order valence-corrected chi connectivity index (χ3v) is 7.95. The number of carbonyl (C=O) groups excluding carboxylic acids is 1. The van der Waals surface area contributed by atoms with E-state index in [1.807, 2.05) is 38.1 Å². The highest BCUT2D eigenvalue weighted by molar-refractivity contribution is 5.92. The van der Waals surface area contributed by atoms with E-state index in [9.17, 15) is 9.90 Å². The van der Waals surface area contributed by atoms with Crippen LogP contribution in [0.5, 0.6) is 0 Å². The minimum Gasteiger partial charge on any atom is -0.378 e. The van der Waals surface area contributed by atoms with Crippen molar-refractivity contribution >= 4 is 22.6 Å². The predicted octanol–water partition coefficient (Wildman–Crippen LogP) is 2.37. The molecule has 3 aliphatic rings. The number of carbonyl (C=O) groups is 1. The lowest BCUT2D eigenvalue weighted by molar-refractivity contribution is -0.128. The van der Waals surface area contributed by atoms with Crippen LogP contribution in [0, 0.1) is 11.8 Å². The fraction of sp³-hybridized carbons (Fsp3) is 0.464. The number of anilines is 1. The Morgan fingerprint density at radius 1 is 0.972 bits per heavy atom. The molecule has 0 radical (unpaired) electrons. The van der Waals surface area contributed by atoms with Crippen LogP contribution in [-0.4, -0.2) is 68.9 Å². The van der Waals surface area contributed by atoms with Crippen molar-refractivity contribution in [3.05, 3.63) is 65.5 Å². The second-order valence-corrected chi connectivity index (χ2v) is 10.7. The summed E-state index contributed by atoms with van der Waals surface area (Å²) in [6.45, 7) is 6.62. The molecule has 3 atom stereocenters. The molecule has 0 saturated carbocycles. The topological polar surface area (TPSA) is 93.6 Å². The Kier molecular flexibility index (Phi) is 6.11. The van der Waals surface area contributed by atoms with E-state index in [4.69, 9.17) is 9.97 Å². The maximum atomic E-state index is 13.5. The number of nitrogens with zero attached hydrogens (tertiary/aromatic N) is 4. The number of aliphatic hydroxyl groups excluding tert-OH is 1. The summed E-state index contributed by atoms with van der Waals surface area (Å²) in [5.74, 6) is 1.63. The molecule has 0 spiro atoms. The molecule has 3 N–H and O–H groups in total. The van der Waals surface area contributed by atoms with E-state index in [2.05, 4.69) is 44.7 Å². The van der Waals surface area contributed by atoms with E-state index in [1.54, 1.807) is 0 Å². The van der Waals surface area contributed by atoms with Crippen LogP contribution < -0.4 is 10.6 Å². The molecule has 3 aromatic rings. The number of piperazine rings is 1. The maximum Gasteiger partial charge on any atom is 0.244 e. The predicted molar refractivity (Wildman–Crippen MR) is 139 cm³/mol. The number of hydrogen-bond donors (Lipinski definition) is 3. The lowest BCUT2D eigenvalue weighted by Crippen LogP contribution is -2.64. The number of benzene rings is 2. The standard InChI is InChI=1S/C28H34N6O2/c1-17(2)25-27(35)31-24-16-34(28(36)20-13-18-7-3-4-8-19(18)14-20)12-11-33(24)15-23-29-22-10-6-5-9-21(22)26(30-23)32-25/h3-10,17,20,24-25,28,36H,11-16H2,1-2H3,(H,31,35)(H,29,30,32)/t24?,25-,28?/m0/s1. The highest BCUT2D eigenvalue weighted by atomic mass is 16.3. The van der Waals surface area contributed by atoms with E-state index in [0.29, 0.717) is 25.5 Å². The summed E-state index contributed by atoms with van der Waals surface area (Å²) in [6, 6.07) is 16.0. The van der Waals surface area contributed by atoms with E-state index >= 15 is 0 Å². The van der Waals surface area contributed by atoms with Gasteiger partial charge in [-0.15, -0.1) is 0 Å². The van der Waals surface area contributed by atoms with Crippen LogP contribution in [0.4, 0.5) is 5.82 Å². The molecule has 2 bridgehead atoms. The fourth-order valence-corrected chi connectivity index (χ4v) is 5.93. The number of rotatable bonds is 3. The normalized spacial score (nSPS) is 24.2. The summed E-state index contributed by atoms with van der Waals surface area (Å²) >= 11 is 0. The van der Waals surface area contributed by atoms with Gasteiger partial charge in [0, 0.05) is 30.9 Å². The van der Waals surface area contributed by atoms with E-state index in [1.165, 1.54) is 11.1 Å². The molecular formula is C28H34N6O2. The fourth-order valence-electron chi connectivity index (χ4n) is 5.93. The smallest absolute Gasteiger partial charge is 0.244 e. The van der Waals surface area contributed by atoms with Gasteiger partial charge in [-0.3, -0.25) is 14.6 Å². The molecule has 2 aliphatic heterocycles. The van der Waals surface area contributed by atoms with Gasteiger partial charge in [-0.2, -0.15) is 0 Å². The lowest BCUT2D eigenvalue weighted by Gasteiger charge is -2.45. The summed E-state index contributed by atoms with van der Waals surface area (Å²) in [5, 5.41) is 19.0. The molecule has 1 fully saturated rings. The van der Waals surface area contributed by atoms with Gasteiger partial charge in [-0.1, -0.05) is 50.2 Å². The number of fused-ring (bicyclic) bond motifs is 6. The highest BCUT2D eigenvalue weighted by Gasteiger charge is 2.38. The third-order valence-electron chi connectivity index (χ3n) is 7.95. The van der Waals surface area contributed by atoms with Crippen molar-refractivity contribution in [2.75, 3.05) is 25.0 Å². The number of para-hydroxylation sites is 1. The summed E-state index contributed by atoms with van der Waals surface area (Å²) in [6.07, 6.45) is 1.00. The first-order valence-corrected chi connectivity index (χ1v) is 13.0. The minimum atomic E-state index is -0.547. The Labute approximate surface area is 211 Å². The quantitative estimate of drug-likeness (QED) is 0.523. The first kappa shape index (κ1) is 23.3. The summed E-state index contributed by atoms with van der Waals surface area (Å²) in [7, 11) is 0. The van der Waals surface area contributed by atoms with Crippen molar-refractivity contribution < 1.29 is 9.90 Å². The second kappa shape index (κ2) is 9.42. The Morgan fingerprint density at radius 3 is 2.44 bits per heavy atom. The monoisotopic (exact) mass is 486 g/mol. The van der Waals surface area contributed by atoms with Crippen molar-refractivity contribution in [3.8, 4) is 0 Å². The summed E-state index contributed by atoms with van der Waals surface area (Å²) in [5.41, 5.74) is 3.55. The molecule has 188 valence electrons. The molecule has 1 aliphatic carbocycles. The van der Waals surface area contributed by atoms with E-state index in [-0.39, 0.29) is 23.9 Å². The largest absolute Gasteiger partial charge is 0.378 e. The molecule has 2 unspecified atom stereocenters. The zero-order valence-corrected chi connectivity index (χ0v) is 20.9. The van der Waals surface area contributed by atoms with E-state index in [0.717, 1.165) is 36.1 Å². The second-order valence-electron chi connectivity index (χ2n) is 10.7. The van der Waals surface area contributed by atoms with Crippen LogP contribution in [0.15, 0.2) is 48.5 Å². The molecule has 6 rings (SSSR count). The Hall–Kier alpha value is -3.07. The van der Waals surface area contributed by atoms with Gasteiger partial charge in [0.15, 0.2) is 0 Å². The van der Waals surface area contributed by atoms with Crippen LogP contribution in [0.1, 0.15) is 30.8 Å². The average Bonchev–Trinajstić information content (AvgIpc) is 3.31. The van der Waals surface area contributed by atoms with Gasteiger partial charge in [0.05, 0.1) is 18.2 Å². The first-order chi connectivity index (χ1) is 17.5. The van der Waals surface area contributed by atoms with Crippen LogP contribution in [-0.2, 0) is 24.2 Å². The number of aliphatic hydroxyl groups is 1. The van der Waals surface area contributed by atoms with Gasteiger partial charge in [0.2, 0.25) is 5.91 Å². The highest BCUT2D eigenvalue weighted by Crippen LogP contribution is 2.31. The van der Waals surface area contributed by atoms with E-state index < -0.39 is 12.3 Å². The minimum absolute atomic E-state index is 0.0456.